The van der Waals surface area contributed by atoms with Crippen molar-refractivity contribution in [3.8, 4) is 0 Å². The molecule has 19 heavy (non-hydrogen) atoms. The average molecular weight is 272 g/mol. The molecule has 0 fully saturated rings. The highest BCUT2D eigenvalue weighted by atomic mass is 16.6. The Morgan fingerprint density at radius 2 is 1.79 bits per heavy atom. The second kappa shape index (κ2) is 8.29. The van der Waals surface area contributed by atoms with Gasteiger partial charge in [-0.1, -0.05) is 19.9 Å². The highest BCUT2D eigenvalue weighted by Crippen LogP contribution is 2.27. The van der Waals surface area contributed by atoms with Crippen LogP contribution in [0.5, 0.6) is 0 Å². The fourth-order valence-electron chi connectivity index (χ4n) is 1.71. The monoisotopic (exact) mass is 272 g/mol. The number of hydrogen-bond donors (Lipinski definition) is 2. The number of esters is 1. The molecule has 0 aliphatic heterocycles. The molecular formula is C13H20O6. The van der Waals surface area contributed by atoms with E-state index in [0.717, 1.165) is 12.5 Å². The summed E-state index contributed by atoms with van der Waals surface area (Å²) in [5.74, 6) is -3.07. The second-order valence-electron chi connectivity index (χ2n) is 4.28. The van der Waals surface area contributed by atoms with E-state index >= 15 is 0 Å². The van der Waals surface area contributed by atoms with E-state index in [9.17, 15) is 19.5 Å². The second-order valence-corrected chi connectivity index (χ2v) is 4.28. The van der Waals surface area contributed by atoms with Crippen LogP contribution in [0.15, 0.2) is 12.7 Å². The van der Waals surface area contributed by atoms with Crippen LogP contribution in [0.25, 0.3) is 0 Å². The van der Waals surface area contributed by atoms with E-state index in [4.69, 9.17) is 9.84 Å². The molecule has 1 unspecified atom stereocenters. The van der Waals surface area contributed by atoms with Crippen molar-refractivity contribution in [2.24, 2.45) is 0 Å². The van der Waals surface area contributed by atoms with Crippen LogP contribution >= 0.6 is 0 Å². The Balaban J connectivity index is 4.90. The van der Waals surface area contributed by atoms with Gasteiger partial charge < -0.3 is 14.9 Å². The Hall–Kier alpha value is -1.85. The molecule has 0 saturated heterocycles. The lowest BCUT2D eigenvalue weighted by Gasteiger charge is -2.28. The lowest BCUT2D eigenvalue weighted by molar-refractivity contribution is -0.177. The van der Waals surface area contributed by atoms with Gasteiger partial charge in [0.2, 0.25) is 5.60 Å². The standard InChI is InChI=1S/C13H20O6/c1-3-5-8-13(12(17)18,19-11(16)4-2)9-6-7-10(14)15/h4H,2-3,5-9H2,1H3,(H,14,15)(H,17,18). The number of hydrogen-bond acceptors (Lipinski definition) is 4. The SMILES string of the molecule is C=CC(=O)OC(CCCC)(CCCC(=O)O)C(=O)O. The molecule has 0 saturated carbocycles. The van der Waals surface area contributed by atoms with E-state index in [2.05, 4.69) is 6.58 Å². The third-order valence-electron chi connectivity index (χ3n) is 2.76. The highest BCUT2D eigenvalue weighted by molar-refractivity contribution is 5.86. The Labute approximate surface area is 112 Å². The van der Waals surface area contributed by atoms with Gasteiger partial charge in [0.1, 0.15) is 0 Å². The molecule has 1 atom stereocenters. The zero-order valence-electron chi connectivity index (χ0n) is 11.1. The van der Waals surface area contributed by atoms with Crippen LogP contribution in [0.4, 0.5) is 0 Å². The number of carbonyl (C=O) groups excluding carboxylic acids is 1. The van der Waals surface area contributed by atoms with Crippen molar-refractivity contribution < 1.29 is 29.3 Å². The number of carboxylic acid groups (broad SMARTS) is 2. The Morgan fingerprint density at radius 1 is 1.21 bits per heavy atom. The third-order valence-corrected chi connectivity index (χ3v) is 2.76. The molecule has 6 heteroatoms. The minimum absolute atomic E-state index is 0.0196. The average Bonchev–Trinajstić information content (AvgIpc) is 2.34. The van der Waals surface area contributed by atoms with Crippen LogP contribution in [0, 0.1) is 0 Å². The molecule has 2 N–H and O–H groups in total. The molecule has 0 aromatic heterocycles. The minimum atomic E-state index is -1.66. The zero-order valence-corrected chi connectivity index (χ0v) is 11.1. The fraction of sp³-hybridized carbons (Fsp3) is 0.615. The van der Waals surface area contributed by atoms with E-state index in [1.807, 2.05) is 6.92 Å². The maximum Gasteiger partial charge on any atom is 0.348 e. The van der Waals surface area contributed by atoms with Gasteiger partial charge in [0.05, 0.1) is 0 Å². The molecule has 6 nitrogen and oxygen atoms in total. The predicted molar refractivity (Wildman–Crippen MR) is 67.7 cm³/mol. The topological polar surface area (TPSA) is 101 Å². The lowest BCUT2D eigenvalue weighted by Crippen LogP contribution is -2.43. The molecule has 0 amide bonds. The first-order valence-corrected chi connectivity index (χ1v) is 6.18. The first-order chi connectivity index (χ1) is 8.88. The first kappa shape index (κ1) is 17.2. The Morgan fingerprint density at radius 3 is 2.21 bits per heavy atom. The summed E-state index contributed by atoms with van der Waals surface area (Å²) in [7, 11) is 0. The summed E-state index contributed by atoms with van der Waals surface area (Å²) in [6.45, 7) is 5.12. The third kappa shape index (κ3) is 6.03. The van der Waals surface area contributed by atoms with Crippen molar-refractivity contribution in [2.45, 2.75) is 51.0 Å². The van der Waals surface area contributed by atoms with Crippen molar-refractivity contribution in [1.82, 2.24) is 0 Å². The summed E-state index contributed by atoms with van der Waals surface area (Å²) in [5, 5.41) is 17.9. The zero-order chi connectivity index (χ0) is 14.9. The van der Waals surface area contributed by atoms with Crippen molar-refractivity contribution in [1.29, 1.82) is 0 Å². The van der Waals surface area contributed by atoms with Crippen LogP contribution in [0.2, 0.25) is 0 Å². The van der Waals surface area contributed by atoms with Gasteiger partial charge in [0.15, 0.2) is 0 Å². The number of aliphatic carboxylic acids is 2. The number of ether oxygens (including phenoxy) is 1. The summed E-state index contributed by atoms with van der Waals surface area (Å²) >= 11 is 0. The molecule has 0 aliphatic carbocycles. The van der Waals surface area contributed by atoms with E-state index in [1.54, 1.807) is 0 Å². The number of unbranched alkanes of at least 4 members (excludes halogenated alkanes) is 1. The van der Waals surface area contributed by atoms with Crippen LogP contribution in [-0.4, -0.2) is 33.7 Å². The van der Waals surface area contributed by atoms with E-state index < -0.39 is 23.5 Å². The van der Waals surface area contributed by atoms with Gasteiger partial charge in [-0.05, 0) is 25.7 Å². The number of carbonyl (C=O) groups is 3. The van der Waals surface area contributed by atoms with Crippen LogP contribution in [0.1, 0.15) is 45.4 Å². The number of carboxylic acids is 2. The summed E-state index contributed by atoms with van der Waals surface area (Å²) < 4.78 is 4.98. The van der Waals surface area contributed by atoms with Gasteiger partial charge in [0, 0.05) is 12.5 Å². The van der Waals surface area contributed by atoms with Crippen molar-refractivity contribution in [2.75, 3.05) is 0 Å². The number of rotatable bonds is 10. The smallest absolute Gasteiger partial charge is 0.348 e. The maximum absolute atomic E-state index is 11.4. The van der Waals surface area contributed by atoms with Crippen LogP contribution in [-0.2, 0) is 19.1 Å². The van der Waals surface area contributed by atoms with Crippen molar-refractivity contribution in [3.05, 3.63) is 12.7 Å². The van der Waals surface area contributed by atoms with E-state index in [-0.39, 0.29) is 25.7 Å². The molecular weight excluding hydrogens is 252 g/mol. The summed E-state index contributed by atoms with van der Waals surface area (Å²) in [5.41, 5.74) is -1.66. The van der Waals surface area contributed by atoms with Crippen LogP contribution < -0.4 is 0 Å². The summed E-state index contributed by atoms with van der Waals surface area (Å²) in [4.78, 5) is 33.1. The van der Waals surface area contributed by atoms with Gasteiger partial charge >= 0.3 is 17.9 Å². The summed E-state index contributed by atoms with van der Waals surface area (Å²) in [6.07, 6.45) is 2.35. The van der Waals surface area contributed by atoms with Gasteiger partial charge in [-0.3, -0.25) is 4.79 Å². The van der Waals surface area contributed by atoms with E-state index in [0.29, 0.717) is 6.42 Å². The van der Waals surface area contributed by atoms with Gasteiger partial charge in [0.25, 0.3) is 0 Å². The molecule has 0 radical (unpaired) electrons. The molecule has 0 aromatic rings. The maximum atomic E-state index is 11.4. The molecule has 0 spiro atoms. The van der Waals surface area contributed by atoms with Gasteiger partial charge in [-0.2, -0.15) is 0 Å². The predicted octanol–water partition coefficient (Wildman–Crippen LogP) is 1.98. The Bertz CT molecular complexity index is 349. The minimum Gasteiger partial charge on any atom is -0.481 e. The van der Waals surface area contributed by atoms with E-state index in [1.165, 1.54) is 0 Å². The molecule has 0 aliphatic rings. The van der Waals surface area contributed by atoms with Crippen LogP contribution in [0.3, 0.4) is 0 Å². The first-order valence-electron chi connectivity index (χ1n) is 6.18. The van der Waals surface area contributed by atoms with Gasteiger partial charge in [-0.15, -0.1) is 0 Å². The molecule has 0 aromatic carbocycles. The quantitative estimate of drug-likeness (QED) is 0.466. The normalized spacial score (nSPS) is 13.3. The van der Waals surface area contributed by atoms with Gasteiger partial charge in [-0.25, -0.2) is 9.59 Å². The largest absolute Gasteiger partial charge is 0.481 e. The lowest BCUT2D eigenvalue weighted by atomic mass is 9.90. The Kier molecular flexibility index (Phi) is 7.48. The molecule has 0 rings (SSSR count). The summed E-state index contributed by atoms with van der Waals surface area (Å²) in [6, 6.07) is 0. The fourth-order valence-corrected chi connectivity index (χ4v) is 1.71. The molecule has 108 valence electrons. The van der Waals surface area contributed by atoms with Crippen molar-refractivity contribution >= 4 is 17.9 Å². The highest BCUT2D eigenvalue weighted by Gasteiger charge is 2.41. The molecule has 0 bridgehead atoms. The van der Waals surface area contributed by atoms with Crippen molar-refractivity contribution in [3.63, 3.8) is 0 Å². The molecule has 0 heterocycles.